The van der Waals surface area contributed by atoms with Gasteiger partial charge in [0.25, 0.3) is 0 Å². The molecule has 0 spiro atoms. The number of carbonyl (C=O) groups excluding carboxylic acids is 1. The summed E-state index contributed by atoms with van der Waals surface area (Å²) in [6, 6.07) is 8.83. The molecule has 18 heavy (non-hydrogen) atoms. The molecule has 0 heterocycles. The van der Waals surface area contributed by atoms with Crippen LogP contribution in [0.5, 0.6) is 0 Å². The van der Waals surface area contributed by atoms with Gasteiger partial charge in [-0.05, 0) is 32.9 Å². The molecule has 1 aromatic carbocycles. The van der Waals surface area contributed by atoms with Gasteiger partial charge in [-0.3, -0.25) is 4.79 Å². The van der Waals surface area contributed by atoms with Crippen LogP contribution in [0.25, 0.3) is 0 Å². The van der Waals surface area contributed by atoms with E-state index in [9.17, 15) is 9.18 Å². The number of halogens is 1. The standard InChI is InChI=1S/C14H21FN2O/c1-4-17(11-8-6-5-7-9-11)12(13(16)18)10-14(2,3)15/h5-9,12H,4,10H2,1-3H3,(H2,16,18)/t12-/m0/s1. The Labute approximate surface area is 108 Å². The van der Waals surface area contributed by atoms with Crippen molar-refractivity contribution < 1.29 is 9.18 Å². The first-order chi connectivity index (χ1) is 8.35. The van der Waals surface area contributed by atoms with Crippen molar-refractivity contribution in [3.63, 3.8) is 0 Å². The Kier molecular flexibility index (Phi) is 4.70. The SMILES string of the molecule is CCN(c1ccccc1)[C@@H](CC(C)(C)F)C(N)=O. The molecule has 1 aromatic rings. The molecule has 0 aromatic heterocycles. The first-order valence-corrected chi connectivity index (χ1v) is 6.15. The topological polar surface area (TPSA) is 46.3 Å². The van der Waals surface area contributed by atoms with Crippen LogP contribution in [0.4, 0.5) is 10.1 Å². The lowest BCUT2D eigenvalue weighted by atomic mass is 9.98. The van der Waals surface area contributed by atoms with E-state index in [0.717, 1.165) is 5.69 Å². The molecule has 0 unspecified atom stereocenters. The number of hydrogen-bond acceptors (Lipinski definition) is 2. The van der Waals surface area contributed by atoms with E-state index in [4.69, 9.17) is 5.73 Å². The zero-order valence-electron chi connectivity index (χ0n) is 11.2. The monoisotopic (exact) mass is 252 g/mol. The van der Waals surface area contributed by atoms with Crippen molar-refractivity contribution in [1.82, 2.24) is 0 Å². The molecule has 0 aliphatic carbocycles. The molecule has 100 valence electrons. The van der Waals surface area contributed by atoms with E-state index < -0.39 is 17.6 Å². The van der Waals surface area contributed by atoms with E-state index in [-0.39, 0.29) is 6.42 Å². The van der Waals surface area contributed by atoms with Crippen molar-refractivity contribution in [3.05, 3.63) is 30.3 Å². The molecule has 3 nitrogen and oxygen atoms in total. The Balaban J connectivity index is 2.99. The third-order valence-electron chi connectivity index (χ3n) is 2.81. The van der Waals surface area contributed by atoms with Crippen molar-refractivity contribution >= 4 is 11.6 Å². The number of likely N-dealkylation sites (N-methyl/N-ethyl adjacent to an activating group) is 1. The van der Waals surface area contributed by atoms with Crippen LogP contribution < -0.4 is 10.6 Å². The first-order valence-electron chi connectivity index (χ1n) is 6.15. The van der Waals surface area contributed by atoms with Gasteiger partial charge in [-0.25, -0.2) is 4.39 Å². The Bertz CT molecular complexity index is 387. The van der Waals surface area contributed by atoms with E-state index in [1.54, 1.807) is 0 Å². The smallest absolute Gasteiger partial charge is 0.240 e. The molecule has 0 saturated carbocycles. The van der Waals surface area contributed by atoms with Crippen molar-refractivity contribution in [2.24, 2.45) is 5.73 Å². The zero-order chi connectivity index (χ0) is 13.8. The van der Waals surface area contributed by atoms with Gasteiger partial charge in [-0.15, -0.1) is 0 Å². The van der Waals surface area contributed by atoms with Gasteiger partial charge in [0.15, 0.2) is 0 Å². The maximum absolute atomic E-state index is 13.8. The second kappa shape index (κ2) is 5.85. The Morgan fingerprint density at radius 3 is 2.33 bits per heavy atom. The summed E-state index contributed by atoms with van der Waals surface area (Å²) < 4.78 is 13.8. The molecule has 0 aliphatic rings. The highest BCUT2D eigenvalue weighted by Gasteiger charge is 2.30. The maximum atomic E-state index is 13.8. The van der Waals surface area contributed by atoms with Crippen molar-refractivity contribution in [3.8, 4) is 0 Å². The van der Waals surface area contributed by atoms with E-state index in [2.05, 4.69) is 0 Å². The molecule has 1 amide bonds. The van der Waals surface area contributed by atoms with Crippen molar-refractivity contribution in [2.75, 3.05) is 11.4 Å². The molecular formula is C14H21FN2O. The average molecular weight is 252 g/mol. The Morgan fingerprint density at radius 1 is 1.39 bits per heavy atom. The summed E-state index contributed by atoms with van der Waals surface area (Å²) in [6.07, 6.45) is 0.0884. The molecule has 0 radical (unpaired) electrons. The Morgan fingerprint density at radius 2 is 1.94 bits per heavy atom. The summed E-state index contributed by atoms with van der Waals surface area (Å²) in [5.74, 6) is -0.494. The molecular weight excluding hydrogens is 231 g/mol. The quantitative estimate of drug-likeness (QED) is 0.845. The second-order valence-corrected chi connectivity index (χ2v) is 4.96. The fourth-order valence-electron chi connectivity index (χ4n) is 2.03. The number of carbonyl (C=O) groups is 1. The van der Waals surface area contributed by atoms with Gasteiger partial charge in [-0.1, -0.05) is 18.2 Å². The molecule has 0 saturated heterocycles. The minimum absolute atomic E-state index is 0.0884. The van der Waals surface area contributed by atoms with Gasteiger partial charge in [0.05, 0.1) is 0 Å². The maximum Gasteiger partial charge on any atom is 0.240 e. The minimum atomic E-state index is -1.43. The predicted molar refractivity (Wildman–Crippen MR) is 72.2 cm³/mol. The van der Waals surface area contributed by atoms with Gasteiger partial charge in [-0.2, -0.15) is 0 Å². The van der Waals surface area contributed by atoms with E-state index in [1.165, 1.54) is 13.8 Å². The van der Waals surface area contributed by atoms with E-state index in [1.807, 2.05) is 42.2 Å². The van der Waals surface area contributed by atoms with Crippen LogP contribution in [0.3, 0.4) is 0 Å². The first kappa shape index (κ1) is 14.5. The van der Waals surface area contributed by atoms with Crippen molar-refractivity contribution in [2.45, 2.75) is 38.9 Å². The lowest BCUT2D eigenvalue weighted by Crippen LogP contribution is -2.47. The number of benzene rings is 1. The number of anilines is 1. The number of nitrogens with two attached hydrogens (primary N) is 1. The van der Waals surface area contributed by atoms with E-state index >= 15 is 0 Å². The average Bonchev–Trinajstić information content (AvgIpc) is 2.28. The van der Waals surface area contributed by atoms with Gasteiger partial charge >= 0.3 is 0 Å². The number of amides is 1. The van der Waals surface area contributed by atoms with Crippen LogP contribution in [0.15, 0.2) is 30.3 Å². The van der Waals surface area contributed by atoms with Crippen LogP contribution >= 0.6 is 0 Å². The highest BCUT2D eigenvalue weighted by molar-refractivity contribution is 5.83. The summed E-state index contributed by atoms with van der Waals surface area (Å²) in [5.41, 5.74) is 4.86. The lowest BCUT2D eigenvalue weighted by molar-refractivity contribution is -0.120. The molecule has 1 atom stereocenters. The third-order valence-corrected chi connectivity index (χ3v) is 2.81. The molecule has 0 bridgehead atoms. The third kappa shape index (κ3) is 4.02. The Hall–Kier alpha value is -1.58. The molecule has 1 rings (SSSR count). The van der Waals surface area contributed by atoms with Crippen LogP contribution in [0.2, 0.25) is 0 Å². The van der Waals surface area contributed by atoms with Crippen LogP contribution in [0.1, 0.15) is 27.2 Å². The number of hydrogen-bond donors (Lipinski definition) is 1. The summed E-state index contributed by atoms with van der Waals surface area (Å²) in [6.45, 7) is 5.45. The highest BCUT2D eigenvalue weighted by Crippen LogP contribution is 2.24. The van der Waals surface area contributed by atoms with Crippen LogP contribution in [-0.2, 0) is 4.79 Å². The van der Waals surface area contributed by atoms with E-state index in [0.29, 0.717) is 6.54 Å². The molecule has 0 fully saturated rings. The number of nitrogens with zero attached hydrogens (tertiary/aromatic N) is 1. The van der Waals surface area contributed by atoms with Crippen LogP contribution in [0, 0.1) is 0 Å². The summed E-state index contributed by atoms with van der Waals surface area (Å²) >= 11 is 0. The minimum Gasteiger partial charge on any atom is -0.368 e. The van der Waals surface area contributed by atoms with Gasteiger partial charge < -0.3 is 10.6 Å². The number of alkyl halides is 1. The molecule has 0 aliphatic heterocycles. The molecule has 4 heteroatoms. The summed E-state index contributed by atoms with van der Waals surface area (Å²) in [5, 5.41) is 0. The fraction of sp³-hybridized carbons (Fsp3) is 0.500. The largest absolute Gasteiger partial charge is 0.368 e. The highest BCUT2D eigenvalue weighted by atomic mass is 19.1. The summed E-state index contributed by atoms with van der Waals surface area (Å²) in [4.78, 5) is 13.4. The number of rotatable bonds is 6. The fourth-order valence-corrected chi connectivity index (χ4v) is 2.03. The zero-order valence-corrected chi connectivity index (χ0v) is 11.2. The summed E-state index contributed by atoms with van der Waals surface area (Å²) in [7, 11) is 0. The van der Waals surface area contributed by atoms with Crippen LogP contribution in [-0.4, -0.2) is 24.2 Å². The van der Waals surface area contributed by atoms with Crippen molar-refractivity contribution in [1.29, 1.82) is 0 Å². The van der Waals surface area contributed by atoms with Gasteiger partial charge in [0.2, 0.25) is 5.91 Å². The molecule has 2 N–H and O–H groups in total. The number of para-hydroxylation sites is 1. The lowest BCUT2D eigenvalue weighted by Gasteiger charge is -2.33. The second-order valence-electron chi connectivity index (χ2n) is 4.96. The predicted octanol–water partition coefficient (Wildman–Crippen LogP) is 2.50. The van der Waals surface area contributed by atoms with Gasteiger partial charge in [0.1, 0.15) is 11.7 Å². The normalized spacial score (nSPS) is 13.1. The van der Waals surface area contributed by atoms with Gasteiger partial charge in [0, 0.05) is 18.7 Å². The number of primary amides is 1.